The van der Waals surface area contributed by atoms with Crippen molar-refractivity contribution in [2.24, 2.45) is 0 Å². The Morgan fingerprint density at radius 1 is 1.45 bits per heavy atom. The molecule has 0 bridgehead atoms. The zero-order valence-electron chi connectivity index (χ0n) is 10.4. The van der Waals surface area contributed by atoms with Crippen LogP contribution in [0.1, 0.15) is 10.5 Å². The van der Waals surface area contributed by atoms with Gasteiger partial charge in [-0.15, -0.1) is 0 Å². The number of epoxide rings is 1. The maximum atomic E-state index is 12.1. The number of fused-ring (bicyclic) bond motifs is 1. The minimum atomic E-state index is -1.04. The number of ketones is 1. The lowest BCUT2D eigenvalue weighted by Crippen LogP contribution is -2.38. The lowest BCUT2D eigenvalue weighted by Gasteiger charge is -2.17. The third kappa shape index (κ3) is 2.04. The smallest absolute Gasteiger partial charge is 0.279 e. The minimum Gasteiger partial charge on any atom is -0.479 e. The van der Waals surface area contributed by atoms with Crippen LogP contribution < -0.4 is 10.1 Å². The van der Waals surface area contributed by atoms with Gasteiger partial charge in [0.05, 0.1) is 12.8 Å². The molecule has 20 heavy (non-hydrogen) atoms. The average Bonchev–Trinajstić information content (AvgIpc) is 3.25. The Morgan fingerprint density at radius 2 is 2.20 bits per heavy atom. The van der Waals surface area contributed by atoms with E-state index in [1.807, 2.05) is 0 Å². The van der Waals surface area contributed by atoms with Gasteiger partial charge in [0.25, 0.3) is 5.91 Å². The second-order valence-electron chi connectivity index (χ2n) is 4.34. The van der Waals surface area contributed by atoms with E-state index in [2.05, 4.69) is 15.3 Å². The highest BCUT2D eigenvalue weighted by Crippen LogP contribution is 2.33. The molecule has 8 heteroatoms. The molecule has 1 aliphatic carbocycles. The Kier molecular flexibility index (Phi) is 2.96. The first-order valence-corrected chi connectivity index (χ1v) is 5.87. The van der Waals surface area contributed by atoms with Crippen LogP contribution in [0.4, 0.5) is 0 Å². The minimum absolute atomic E-state index is 0.0330. The van der Waals surface area contributed by atoms with Crippen LogP contribution in [-0.2, 0) is 9.53 Å². The molecule has 1 fully saturated rings. The van der Waals surface area contributed by atoms with E-state index in [4.69, 9.17) is 9.47 Å². The van der Waals surface area contributed by atoms with Crippen molar-refractivity contribution in [3.8, 4) is 5.88 Å². The summed E-state index contributed by atoms with van der Waals surface area (Å²) in [6.07, 6.45) is 1.69. The lowest BCUT2D eigenvalue weighted by molar-refractivity contribution is -0.116. The van der Waals surface area contributed by atoms with Gasteiger partial charge in [-0.05, 0) is 0 Å². The number of methoxy groups -OCH3 is 1. The summed E-state index contributed by atoms with van der Waals surface area (Å²) >= 11 is 0. The van der Waals surface area contributed by atoms with Gasteiger partial charge in [0.1, 0.15) is 18.3 Å². The number of aromatic nitrogens is 2. The fraction of sp³-hybridized carbons (Fsp3) is 0.333. The number of carbonyl (C=O) groups excluding carboxylic acids is 2. The molecule has 3 atom stereocenters. The molecule has 1 saturated heterocycles. The molecule has 2 aliphatic rings. The summed E-state index contributed by atoms with van der Waals surface area (Å²) in [5.74, 6) is -0.836. The zero-order chi connectivity index (χ0) is 14.3. The number of aliphatic hydroxyl groups excluding tert-OH is 1. The van der Waals surface area contributed by atoms with E-state index in [1.54, 1.807) is 0 Å². The molecule has 3 rings (SSSR count). The van der Waals surface area contributed by atoms with Crippen LogP contribution >= 0.6 is 0 Å². The van der Waals surface area contributed by atoms with E-state index in [-0.39, 0.29) is 23.1 Å². The number of nitrogens with one attached hydrogen (secondary N) is 1. The molecule has 1 amide bonds. The Balaban J connectivity index is 1.81. The van der Waals surface area contributed by atoms with Gasteiger partial charge in [0.15, 0.2) is 11.5 Å². The van der Waals surface area contributed by atoms with Crippen LogP contribution in [0, 0.1) is 0 Å². The van der Waals surface area contributed by atoms with Crippen LogP contribution in [0.15, 0.2) is 24.2 Å². The molecule has 0 aromatic carbocycles. The number of aliphatic hydroxyl groups is 1. The fourth-order valence-corrected chi connectivity index (χ4v) is 2.02. The van der Waals surface area contributed by atoms with Crippen LogP contribution in [-0.4, -0.2) is 52.2 Å². The van der Waals surface area contributed by atoms with Gasteiger partial charge in [-0.1, -0.05) is 0 Å². The highest BCUT2D eigenvalue weighted by Gasteiger charge is 2.53. The topological polar surface area (TPSA) is 114 Å². The summed E-state index contributed by atoms with van der Waals surface area (Å²) in [6, 6.07) is 0. The van der Waals surface area contributed by atoms with E-state index in [9.17, 15) is 14.7 Å². The second-order valence-corrected chi connectivity index (χ2v) is 4.34. The normalized spacial score (nSPS) is 27.4. The van der Waals surface area contributed by atoms with Crippen molar-refractivity contribution in [1.82, 2.24) is 15.3 Å². The summed E-state index contributed by atoms with van der Waals surface area (Å²) in [4.78, 5) is 31.3. The number of amides is 1. The third-order valence-electron chi connectivity index (χ3n) is 3.06. The van der Waals surface area contributed by atoms with Gasteiger partial charge in [0.2, 0.25) is 5.88 Å². The Labute approximate surface area is 113 Å². The monoisotopic (exact) mass is 277 g/mol. The van der Waals surface area contributed by atoms with Crippen molar-refractivity contribution >= 4 is 11.7 Å². The summed E-state index contributed by atoms with van der Waals surface area (Å²) in [5, 5.41) is 12.3. The van der Waals surface area contributed by atoms with Gasteiger partial charge in [-0.3, -0.25) is 9.59 Å². The molecule has 0 spiro atoms. The van der Waals surface area contributed by atoms with Crippen molar-refractivity contribution < 1.29 is 24.2 Å². The molecule has 2 N–H and O–H groups in total. The first-order chi connectivity index (χ1) is 9.61. The molecule has 0 saturated carbocycles. The van der Waals surface area contributed by atoms with Crippen molar-refractivity contribution in [3.05, 3.63) is 29.9 Å². The van der Waals surface area contributed by atoms with Gasteiger partial charge in [-0.25, -0.2) is 9.97 Å². The molecule has 0 radical (unpaired) electrons. The first kappa shape index (κ1) is 12.7. The van der Waals surface area contributed by atoms with E-state index < -0.39 is 24.2 Å². The number of carbonyl (C=O) groups is 2. The van der Waals surface area contributed by atoms with Crippen LogP contribution in [0.2, 0.25) is 0 Å². The van der Waals surface area contributed by atoms with Gasteiger partial charge in [0, 0.05) is 18.5 Å². The average molecular weight is 277 g/mol. The van der Waals surface area contributed by atoms with Crippen LogP contribution in [0.25, 0.3) is 0 Å². The second kappa shape index (κ2) is 4.66. The maximum Gasteiger partial charge on any atom is 0.279 e. The quantitative estimate of drug-likeness (QED) is 0.668. The molecule has 2 heterocycles. The van der Waals surface area contributed by atoms with E-state index >= 15 is 0 Å². The summed E-state index contributed by atoms with van der Waals surface area (Å²) in [7, 11) is 1.36. The standard InChI is InChI=1S/C12H11N3O5/c1-19-12-7(13-2-3-14-12)11(18)15-5-4-6(16)9-10(20-9)8(5)17/h2-4,8-10,17H,1H3,(H,15,18). The van der Waals surface area contributed by atoms with Gasteiger partial charge >= 0.3 is 0 Å². The predicted molar refractivity (Wildman–Crippen MR) is 63.8 cm³/mol. The Hall–Kier alpha value is -2.32. The number of rotatable bonds is 3. The van der Waals surface area contributed by atoms with Crippen molar-refractivity contribution in [3.63, 3.8) is 0 Å². The summed E-state index contributed by atoms with van der Waals surface area (Å²) in [6.45, 7) is 0. The van der Waals surface area contributed by atoms with Crippen molar-refractivity contribution in [1.29, 1.82) is 0 Å². The van der Waals surface area contributed by atoms with Gasteiger partial charge in [-0.2, -0.15) is 0 Å². The zero-order valence-corrected chi connectivity index (χ0v) is 10.4. The predicted octanol–water partition coefficient (Wildman–Crippen LogP) is -1.19. The third-order valence-corrected chi connectivity index (χ3v) is 3.06. The lowest BCUT2D eigenvalue weighted by atomic mass is 10.0. The number of hydrogen-bond acceptors (Lipinski definition) is 7. The largest absolute Gasteiger partial charge is 0.479 e. The number of ether oxygens (including phenoxy) is 2. The van der Waals surface area contributed by atoms with Gasteiger partial charge < -0.3 is 19.9 Å². The van der Waals surface area contributed by atoms with Crippen molar-refractivity contribution in [2.45, 2.75) is 18.3 Å². The molecular formula is C12H11N3O5. The Bertz CT molecular complexity index is 615. The first-order valence-electron chi connectivity index (χ1n) is 5.87. The molecule has 1 aliphatic heterocycles. The molecule has 1 aromatic rings. The maximum absolute atomic E-state index is 12.1. The molecule has 104 valence electrons. The highest BCUT2D eigenvalue weighted by atomic mass is 16.6. The number of nitrogens with zero attached hydrogens (tertiary/aromatic N) is 2. The Morgan fingerprint density at radius 3 is 2.95 bits per heavy atom. The summed E-state index contributed by atoms with van der Waals surface area (Å²) in [5.41, 5.74) is 0.0563. The molecule has 3 unspecified atom stereocenters. The number of hydrogen-bond donors (Lipinski definition) is 2. The van der Waals surface area contributed by atoms with Crippen LogP contribution in [0.3, 0.4) is 0 Å². The molecule has 8 nitrogen and oxygen atoms in total. The summed E-state index contributed by atoms with van der Waals surface area (Å²) < 4.78 is 9.93. The van der Waals surface area contributed by atoms with Crippen LogP contribution in [0.5, 0.6) is 5.88 Å². The van der Waals surface area contributed by atoms with Crippen molar-refractivity contribution in [2.75, 3.05) is 7.11 Å². The van der Waals surface area contributed by atoms with E-state index in [0.29, 0.717) is 0 Å². The van der Waals surface area contributed by atoms with E-state index in [0.717, 1.165) is 0 Å². The highest BCUT2D eigenvalue weighted by molar-refractivity contribution is 6.00. The molecular weight excluding hydrogens is 266 g/mol. The van der Waals surface area contributed by atoms with E-state index in [1.165, 1.54) is 25.6 Å². The molecule has 1 aromatic heterocycles. The SMILES string of the molecule is COc1nccnc1C(=O)NC1=CC(=O)C2OC2C1O. The fourth-order valence-electron chi connectivity index (χ4n) is 2.02.